The van der Waals surface area contributed by atoms with E-state index in [0.717, 1.165) is 18.4 Å². The van der Waals surface area contributed by atoms with Crippen LogP contribution in [0.15, 0.2) is 24.3 Å². The van der Waals surface area contributed by atoms with Crippen LogP contribution in [0.3, 0.4) is 0 Å². The maximum absolute atomic E-state index is 3.19. The number of hydrogen-bond acceptors (Lipinski definition) is 1. The lowest BCUT2D eigenvalue weighted by molar-refractivity contribution is 0.348. The van der Waals surface area contributed by atoms with E-state index in [1.807, 2.05) is 7.05 Å². The van der Waals surface area contributed by atoms with Gasteiger partial charge in [-0.3, -0.25) is 0 Å². The number of rotatable bonds is 3. The maximum Gasteiger partial charge on any atom is 0.0202 e. The first-order chi connectivity index (χ1) is 7.79. The van der Waals surface area contributed by atoms with Gasteiger partial charge in [-0.2, -0.15) is 0 Å². The minimum absolute atomic E-state index is 0.819. The fraction of sp³-hybridized carbons (Fsp3) is 0.600. The third-order valence-corrected chi connectivity index (χ3v) is 3.85. The van der Waals surface area contributed by atoms with Gasteiger partial charge in [0.1, 0.15) is 0 Å². The summed E-state index contributed by atoms with van der Waals surface area (Å²) < 4.78 is 0. The summed E-state index contributed by atoms with van der Waals surface area (Å²) in [6.07, 6.45) is 5.57. The minimum atomic E-state index is 0.819. The molecule has 1 heteroatoms. The second-order valence-electron chi connectivity index (χ2n) is 5.23. The molecular weight excluding hydrogens is 194 g/mol. The van der Waals surface area contributed by atoms with Gasteiger partial charge < -0.3 is 5.32 Å². The summed E-state index contributed by atoms with van der Waals surface area (Å²) in [6.45, 7) is 3.36. The van der Waals surface area contributed by atoms with Crippen LogP contribution < -0.4 is 5.32 Å². The van der Waals surface area contributed by atoms with Crippen molar-refractivity contribution in [2.45, 2.75) is 45.1 Å². The van der Waals surface area contributed by atoms with E-state index < -0.39 is 0 Å². The SMILES string of the molecule is CNCc1ccc(C2CCC(C)CC2)cc1. The Bertz CT molecular complexity index is 307. The second-order valence-corrected chi connectivity index (χ2v) is 5.23. The largest absolute Gasteiger partial charge is 0.316 e. The molecule has 88 valence electrons. The third-order valence-electron chi connectivity index (χ3n) is 3.85. The fourth-order valence-corrected chi connectivity index (χ4v) is 2.71. The summed E-state index contributed by atoms with van der Waals surface area (Å²) in [5.74, 6) is 1.76. The molecule has 0 amide bonds. The topological polar surface area (TPSA) is 12.0 Å². The molecule has 1 aromatic carbocycles. The highest BCUT2D eigenvalue weighted by Gasteiger charge is 2.19. The second kappa shape index (κ2) is 5.49. The predicted molar refractivity (Wildman–Crippen MR) is 69.6 cm³/mol. The standard InChI is InChI=1S/C15H23N/c1-12-3-7-14(8-4-12)15-9-5-13(6-10-15)11-16-2/h5-6,9-10,12,14,16H,3-4,7-8,11H2,1-2H3. The highest BCUT2D eigenvalue weighted by molar-refractivity contribution is 5.25. The van der Waals surface area contributed by atoms with E-state index in [1.54, 1.807) is 5.56 Å². The lowest BCUT2D eigenvalue weighted by Crippen LogP contribution is -2.11. The molecule has 0 atom stereocenters. The van der Waals surface area contributed by atoms with E-state index in [-0.39, 0.29) is 0 Å². The normalized spacial score (nSPS) is 25.6. The van der Waals surface area contributed by atoms with Gasteiger partial charge in [0, 0.05) is 6.54 Å². The first-order valence-corrected chi connectivity index (χ1v) is 6.53. The molecule has 1 aromatic rings. The van der Waals surface area contributed by atoms with Crippen LogP contribution in [-0.2, 0) is 6.54 Å². The monoisotopic (exact) mass is 217 g/mol. The molecule has 0 unspecified atom stereocenters. The Hall–Kier alpha value is -0.820. The van der Waals surface area contributed by atoms with E-state index in [4.69, 9.17) is 0 Å². The van der Waals surface area contributed by atoms with E-state index in [0.29, 0.717) is 0 Å². The molecule has 0 aliphatic heterocycles. The smallest absolute Gasteiger partial charge is 0.0202 e. The number of nitrogens with one attached hydrogen (secondary N) is 1. The summed E-state index contributed by atoms with van der Waals surface area (Å²) in [5, 5.41) is 3.19. The highest BCUT2D eigenvalue weighted by Crippen LogP contribution is 2.35. The Kier molecular flexibility index (Phi) is 4.00. The zero-order chi connectivity index (χ0) is 11.4. The molecule has 0 heterocycles. The van der Waals surface area contributed by atoms with Crippen molar-refractivity contribution in [1.82, 2.24) is 5.32 Å². The van der Waals surface area contributed by atoms with E-state index >= 15 is 0 Å². The summed E-state index contributed by atoms with van der Waals surface area (Å²) in [7, 11) is 2.00. The molecule has 1 saturated carbocycles. The van der Waals surface area contributed by atoms with E-state index in [9.17, 15) is 0 Å². The highest BCUT2D eigenvalue weighted by atomic mass is 14.8. The van der Waals surface area contributed by atoms with Gasteiger partial charge in [0.25, 0.3) is 0 Å². The van der Waals surface area contributed by atoms with Gasteiger partial charge in [-0.05, 0) is 42.9 Å². The Morgan fingerprint density at radius 1 is 1.06 bits per heavy atom. The Morgan fingerprint density at radius 3 is 2.25 bits per heavy atom. The summed E-state index contributed by atoms with van der Waals surface area (Å²) in [6, 6.07) is 9.19. The van der Waals surface area contributed by atoms with Crippen LogP contribution in [0.5, 0.6) is 0 Å². The van der Waals surface area contributed by atoms with Crippen molar-refractivity contribution in [3.05, 3.63) is 35.4 Å². The van der Waals surface area contributed by atoms with Crippen molar-refractivity contribution in [3.63, 3.8) is 0 Å². The summed E-state index contributed by atoms with van der Waals surface area (Å²) in [5.41, 5.74) is 2.93. The molecule has 16 heavy (non-hydrogen) atoms. The predicted octanol–water partition coefficient (Wildman–Crippen LogP) is 3.70. The van der Waals surface area contributed by atoms with Crippen LogP contribution in [0.25, 0.3) is 0 Å². The van der Waals surface area contributed by atoms with Crippen LogP contribution in [-0.4, -0.2) is 7.05 Å². The van der Waals surface area contributed by atoms with Crippen LogP contribution >= 0.6 is 0 Å². The van der Waals surface area contributed by atoms with Crippen molar-refractivity contribution in [2.75, 3.05) is 7.05 Å². The molecule has 0 saturated heterocycles. The van der Waals surface area contributed by atoms with Gasteiger partial charge in [0.15, 0.2) is 0 Å². The van der Waals surface area contributed by atoms with Crippen molar-refractivity contribution < 1.29 is 0 Å². The lowest BCUT2D eigenvalue weighted by Gasteiger charge is -2.26. The zero-order valence-corrected chi connectivity index (χ0v) is 10.5. The molecule has 1 aliphatic carbocycles. The molecule has 0 radical (unpaired) electrons. The zero-order valence-electron chi connectivity index (χ0n) is 10.5. The number of hydrogen-bond donors (Lipinski definition) is 1. The van der Waals surface area contributed by atoms with Crippen molar-refractivity contribution in [3.8, 4) is 0 Å². The van der Waals surface area contributed by atoms with Gasteiger partial charge in [-0.15, -0.1) is 0 Å². The quantitative estimate of drug-likeness (QED) is 0.814. The first kappa shape index (κ1) is 11.7. The van der Waals surface area contributed by atoms with Gasteiger partial charge in [0.05, 0.1) is 0 Å². The van der Waals surface area contributed by atoms with Crippen molar-refractivity contribution in [1.29, 1.82) is 0 Å². The fourth-order valence-electron chi connectivity index (χ4n) is 2.71. The molecule has 1 nitrogen and oxygen atoms in total. The molecular formula is C15H23N. The van der Waals surface area contributed by atoms with Gasteiger partial charge in [0.2, 0.25) is 0 Å². The summed E-state index contributed by atoms with van der Waals surface area (Å²) >= 11 is 0. The van der Waals surface area contributed by atoms with Crippen LogP contribution in [0.1, 0.15) is 49.7 Å². The van der Waals surface area contributed by atoms with Gasteiger partial charge in [-0.1, -0.05) is 44.0 Å². The van der Waals surface area contributed by atoms with Crippen molar-refractivity contribution >= 4 is 0 Å². The Balaban J connectivity index is 1.98. The average Bonchev–Trinajstić information content (AvgIpc) is 2.32. The van der Waals surface area contributed by atoms with E-state index in [2.05, 4.69) is 36.5 Å². The number of benzene rings is 1. The summed E-state index contributed by atoms with van der Waals surface area (Å²) in [4.78, 5) is 0. The van der Waals surface area contributed by atoms with Crippen LogP contribution in [0, 0.1) is 5.92 Å². The van der Waals surface area contributed by atoms with Crippen LogP contribution in [0.2, 0.25) is 0 Å². The van der Waals surface area contributed by atoms with Crippen molar-refractivity contribution in [2.24, 2.45) is 5.92 Å². The lowest BCUT2D eigenvalue weighted by atomic mass is 9.79. The molecule has 0 aromatic heterocycles. The maximum atomic E-state index is 3.19. The Morgan fingerprint density at radius 2 is 1.69 bits per heavy atom. The molecule has 0 spiro atoms. The van der Waals surface area contributed by atoms with E-state index in [1.165, 1.54) is 31.2 Å². The molecule has 1 aliphatic rings. The third kappa shape index (κ3) is 2.85. The first-order valence-electron chi connectivity index (χ1n) is 6.53. The van der Waals surface area contributed by atoms with Crippen LogP contribution in [0.4, 0.5) is 0 Å². The minimum Gasteiger partial charge on any atom is -0.316 e. The molecule has 1 fully saturated rings. The van der Waals surface area contributed by atoms with Gasteiger partial charge >= 0.3 is 0 Å². The Labute approximate surface area is 99.3 Å². The van der Waals surface area contributed by atoms with Gasteiger partial charge in [-0.25, -0.2) is 0 Å². The molecule has 2 rings (SSSR count). The molecule has 0 bridgehead atoms. The average molecular weight is 217 g/mol. The molecule has 1 N–H and O–H groups in total.